The summed E-state index contributed by atoms with van der Waals surface area (Å²) in [7, 11) is 0.853. The molecule has 3 aromatic rings. The van der Waals surface area contributed by atoms with Crippen molar-refractivity contribution in [1.29, 1.82) is 0 Å². The van der Waals surface area contributed by atoms with E-state index in [0.29, 0.717) is 11.3 Å². The van der Waals surface area contributed by atoms with Gasteiger partial charge in [-0.1, -0.05) is 0 Å². The quantitative estimate of drug-likeness (QED) is 0.621. The van der Waals surface area contributed by atoms with Crippen LogP contribution in [0.5, 0.6) is 5.88 Å². The van der Waals surface area contributed by atoms with Crippen LogP contribution in [0.1, 0.15) is 12.7 Å². The largest absolute Gasteiger partial charge is 0.469 e. The summed E-state index contributed by atoms with van der Waals surface area (Å²) in [6.07, 6.45) is -3.67. The molecule has 11 heteroatoms. The first kappa shape index (κ1) is 18.0. The number of hydrogen-bond acceptors (Lipinski definition) is 6. The molecule has 0 aliphatic rings. The van der Waals surface area contributed by atoms with Crippen LogP contribution in [-0.2, 0) is 10.8 Å². The number of pyridine rings is 1. The molecule has 0 saturated heterocycles. The highest BCUT2D eigenvalue weighted by Gasteiger charge is 2.37. The third-order valence-electron chi connectivity index (χ3n) is 3.50. The van der Waals surface area contributed by atoms with Gasteiger partial charge in [-0.3, -0.25) is 9.38 Å². The van der Waals surface area contributed by atoms with E-state index in [1.807, 2.05) is 0 Å². The molecular weight excluding hydrogens is 358 g/mol. The number of halogens is 4. The average molecular weight is 371 g/mol. The third-order valence-corrected chi connectivity index (χ3v) is 3.50. The maximum absolute atomic E-state index is 13.8. The van der Waals surface area contributed by atoms with Gasteiger partial charge in [-0.15, -0.1) is 10.2 Å². The number of alkyl halides is 4. The van der Waals surface area contributed by atoms with E-state index in [1.54, 1.807) is 0 Å². The summed E-state index contributed by atoms with van der Waals surface area (Å²) >= 11 is 0. The predicted octanol–water partition coefficient (Wildman–Crippen LogP) is 2.91. The van der Waals surface area contributed by atoms with E-state index in [9.17, 15) is 17.6 Å². The number of hydrogen-bond donors (Lipinski definition) is 0. The van der Waals surface area contributed by atoms with E-state index in [2.05, 4.69) is 24.9 Å². The minimum atomic E-state index is -3.63. The molecular formula is C15H13F4N5O2. The molecule has 1 atom stereocenters. The molecule has 0 amide bonds. The zero-order valence-electron chi connectivity index (χ0n) is 13.6. The van der Waals surface area contributed by atoms with E-state index in [4.69, 9.17) is 4.74 Å². The van der Waals surface area contributed by atoms with E-state index < -0.39 is 24.5 Å². The summed E-state index contributed by atoms with van der Waals surface area (Å²) in [5, 5.41) is 7.04. The second kappa shape index (κ2) is 6.83. The van der Waals surface area contributed by atoms with Crippen LogP contribution in [0.25, 0.3) is 16.9 Å². The SMILES string of the molecule is COC(F)(F)c1nnc2cnc(-c3ccc(OC(C)C(F)F)nc3)cn12. The zero-order chi connectivity index (χ0) is 18.9. The van der Waals surface area contributed by atoms with Crippen molar-refractivity contribution in [3.8, 4) is 17.1 Å². The summed E-state index contributed by atoms with van der Waals surface area (Å²) in [6.45, 7) is 1.22. The molecule has 7 nitrogen and oxygen atoms in total. The fourth-order valence-corrected chi connectivity index (χ4v) is 2.08. The molecule has 0 bridgehead atoms. The van der Waals surface area contributed by atoms with Crippen molar-refractivity contribution in [2.45, 2.75) is 25.6 Å². The molecule has 0 radical (unpaired) electrons. The topological polar surface area (TPSA) is 74.4 Å². The minimum Gasteiger partial charge on any atom is -0.469 e. The van der Waals surface area contributed by atoms with Crippen molar-refractivity contribution in [1.82, 2.24) is 24.6 Å². The van der Waals surface area contributed by atoms with Gasteiger partial charge in [0.25, 0.3) is 6.43 Å². The number of rotatable bonds is 6. The maximum atomic E-state index is 13.8. The molecule has 0 fully saturated rings. The first-order valence-corrected chi connectivity index (χ1v) is 7.37. The Labute approximate surface area is 144 Å². The molecule has 0 spiro atoms. The lowest BCUT2D eigenvalue weighted by atomic mass is 10.2. The van der Waals surface area contributed by atoms with Crippen LogP contribution in [0, 0.1) is 0 Å². The summed E-state index contributed by atoms with van der Waals surface area (Å²) in [4.78, 5) is 8.03. The van der Waals surface area contributed by atoms with Crippen LogP contribution in [-0.4, -0.2) is 44.2 Å². The molecule has 0 N–H and O–H groups in total. The van der Waals surface area contributed by atoms with Gasteiger partial charge in [0, 0.05) is 31.1 Å². The normalized spacial score (nSPS) is 13.3. The van der Waals surface area contributed by atoms with Crippen LogP contribution in [0.4, 0.5) is 17.6 Å². The second-order valence-electron chi connectivity index (χ2n) is 5.29. The number of aromatic nitrogens is 5. The zero-order valence-corrected chi connectivity index (χ0v) is 13.6. The summed E-state index contributed by atoms with van der Waals surface area (Å²) in [5.41, 5.74) is 0.870. The number of methoxy groups -OCH3 is 1. The van der Waals surface area contributed by atoms with Gasteiger partial charge in [0.1, 0.15) is 0 Å². The summed E-state index contributed by atoms with van der Waals surface area (Å²) in [5.74, 6) is -0.684. The Morgan fingerprint density at radius 3 is 2.50 bits per heavy atom. The summed E-state index contributed by atoms with van der Waals surface area (Å²) in [6, 6.07) is 2.91. The van der Waals surface area contributed by atoms with Crippen molar-refractivity contribution in [2.75, 3.05) is 7.11 Å². The van der Waals surface area contributed by atoms with Gasteiger partial charge in [0.05, 0.1) is 11.9 Å². The smallest absolute Gasteiger partial charge is 0.417 e. The van der Waals surface area contributed by atoms with Gasteiger partial charge in [0.15, 0.2) is 11.8 Å². The lowest BCUT2D eigenvalue weighted by Crippen LogP contribution is -2.21. The molecule has 26 heavy (non-hydrogen) atoms. The van der Waals surface area contributed by atoms with Crippen molar-refractivity contribution in [2.24, 2.45) is 0 Å². The summed E-state index contributed by atoms with van der Waals surface area (Å²) < 4.78 is 62.7. The van der Waals surface area contributed by atoms with Gasteiger partial charge >= 0.3 is 6.11 Å². The Morgan fingerprint density at radius 1 is 1.12 bits per heavy atom. The van der Waals surface area contributed by atoms with Gasteiger partial charge in [-0.25, -0.2) is 13.8 Å². The fraction of sp³-hybridized carbons (Fsp3) is 0.333. The Hall–Kier alpha value is -2.82. The van der Waals surface area contributed by atoms with Crippen molar-refractivity contribution >= 4 is 5.65 Å². The molecule has 3 aromatic heterocycles. The standard InChI is InChI=1S/C15H13F4N5O2/c1-8(13(16)17)26-12-4-3-9(5-21-12)10-7-24-11(6-20-10)22-23-14(24)15(18,19)25-2/h3-8,13H,1-2H3. The van der Waals surface area contributed by atoms with Crippen molar-refractivity contribution in [3.63, 3.8) is 0 Å². The molecule has 0 saturated carbocycles. The van der Waals surface area contributed by atoms with Crippen LogP contribution in [0.2, 0.25) is 0 Å². The monoisotopic (exact) mass is 371 g/mol. The van der Waals surface area contributed by atoms with Crippen LogP contribution in [0.3, 0.4) is 0 Å². The van der Waals surface area contributed by atoms with Gasteiger partial charge in [-0.05, 0) is 13.0 Å². The van der Waals surface area contributed by atoms with E-state index >= 15 is 0 Å². The fourth-order valence-electron chi connectivity index (χ4n) is 2.08. The number of ether oxygens (including phenoxy) is 2. The number of fused-ring (bicyclic) bond motifs is 1. The molecule has 0 aliphatic carbocycles. The van der Waals surface area contributed by atoms with Crippen LogP contribution >= 0.6 is 0 Å². The first-order chi connectivity index (χ1) is 12.3. The van der Waals surface area contributed by atoms with Crippen molar-refractivity contribution < 1.29 is 27.0 Å². The van der Waals surface area contributed by atoms with E-state index in [-0.39, 0.29) is 11.5 Å². The van der Waals surface area contributed by atoms with Crippen LogP contribution in [0.15, 0.2) is 30.7 Å². The Morgan fingerprint density at radius 2 is 1.88 bits per heavy atom. The molecule has 1 unspecified atom stereocenters. The Kier molecular flexibility index (Phi) is 4.72. The van der Waals surface area contributed by atoms with Crippen molar-refractivity contribution in [3.05, 3.63) is 36.5 Å². The lowest BCUT2D eigenvalue weighted by molar-refractivity contribution is -0.237. The second-order valence-corrected chi connectivity index (χ2v) is 5.29. The molecule has 3 heterocycles. The van der Waals surface area contributed by atoms with Gasteiger partial charge < -0.3 is 9.47 Å². The lowest BCUT2D eigenvalue weighted by Gasteiger charge is -2.13. The highest BCUT2D eigenvalue weighted by Crippen LogP contribution is 2.28. The van der Waals surface area contributed by atoms with Gasteiger partial charge in [0.2, 0.25) is 11.7 Å². The predicted molar refractivity (Wildman–Crippen MR) is 81.0 cm³/mol. The highest BCUT2D eigenvalue weighted by molar-refractivity contribution is 5.59. The van der Waals surface area contributed by atoms with Crippen LogP contribution < -0.4 is 4.74 Å². The van der Waals surface area contributed by atoms with E-state index in [1.165, 1.54) is 37.6 Å². The average Bonchev–Trinajstić information content (AvgIpc) is 3.06. The molecule has 0 aromatic carbocycles. The molecule has 0 aliphatic heterocycles. The van der Waals surface area contributed by atoms with Gasteiger partial charge in [-0.2, -0.15) is 8.78 Å². The van der Waals surface area contributed by atoms with E-state index in [0.717, 1.165) is 11.5 Å². The third kappa shape index (κ3) is 3.43. The highest BCUT2D eigenvalue weighted by atomic mass is 19.3. The Balaban J connectivity index is 1.92. The Bertz CT molecular complexity index is 901. The maximum Gasteiger partial charge on any atom is 0.417 e. The molecule has 138 valence electrons. The molecule has 3 rings (SSSR count). The first-order valence-electron chi connectivity index (χ1n) is 7.37. The number of nitrogens with zero attached hydrogens (tertiary/aromatic N) is 5. The minimum absolute atomic E-state index is 0.0125.